The number of anilines is 1. The van der Waals surface area contributed by atoms with Crippen LogP contribution in [0.15, 0.2) is 6.07 Å². The van der Waals surface area contributed by atoms with Gasteiger partial charge >= 0.3 is 0 Å². The molecule has 3 N–H and O–H groups in total. The van der Waals surface area contributed by atoms with E-state index in [1.54, 1.807) is 14.2 Å². The Bertz CT molecular complexity index is 659. The quantitative estimate of drug-likeness (QED) is 0.602. The van der Waals surface area contributed by atoms with E-state index in [4.69, 9.17) is 20.3 Å². The summed E-state index contributed by atoms with van der Waals surface area (Å²) in [4.78, 5) is 9.00. The first-order chi connectivity index (χ1) is 10.6. The van der Waals surface area contributed by atoms with Gasteiger partial charge in [0.25, 0.3) is 0 Å². The summed E-state index contributed by atoms with van der Waals surface area (Å²) in [6, 6.07) is 1.83. The van der Waals surface area contributed by atoms with Gasteiger partial charge in [-0.2, -0.15) is 0 Å². The fourth-order valence-corrected chi connectivity index (χ4v) is 2.61. The summed E-state index contributed by atoms with van der Waals surface area (Å²) in [7, 11) is 3.14. The van der Waals surface area contributed by atoms with E-state index in [2.05, 4.69) is 9.97 Å². The monoisotopic (exact) mass is 305 g/mol. The molecule has 2 rings (SSSR count). The van der Waals surface area contributed by atoms with Gasteiger partial charge in [-0.1, -0.05) is 6.42 Å². The predicted molar refractivity (Wildman–Crippen MR) is 86.4 cm³/mol. The van der Waals surface area contributed by atoms with Crippen LogP contribution in [0.5, 0.6) is 11.5 Å². The van der Waals surface area contributed by atoms with Crippen molar-refractivity contribution in [3.63, 3.8) is 0 Å². The fraction of sp³-hybridized carbons (Fsp3) is 0.500. The number of hydrogen-bond donors (Lipinski definition) is 2. The van der Waals surface area contributed by atoms with Crippen molar-refractivity contribution in [2.45, 2.75) is 32.6 Å². The van der Waals surface area contributed by atoms with Gasteiger partial charge in [-0.15, -0.1) is 0 Å². The second-order valence-electron chi connectivity index (χ2n) is 5.17. The zero-order valence-corrected chi connectivity index (χ0v) is 13.3. The van der Waals surface area contributed by atoms with E-state index in [0.717, 1.165) is 42.3 Å². The number of rotatable bonds is 7. The van der Waals surface area contributed by atoms with Crippen molar-refractivity contribution < 1.29 is 14.6 Å². The number of unbranched alkanes of at least 4 members (excludes halogenated alkanes) is 2. The lowest BCUT2D eigenvalue weighted by Crippen LogP contribution is -2.04. The van der Waals surface area contributed by atoms with Crippen LogP contribution in [0.3, 0.4) is 0 Å². The molecule has 0 radical (unpaired) electrons. The highest BCUT2D eigenvalue weighted by molar-refractivity contribution is 5.97. The van der Waals surface area contributed by atoms with Crippen molar-refractivity contribution in [2.24, 2.45) is 0 Å². The van der Waals surface area contributed by atoms with E-state index in [-0.39, 0.29) is 6.61 Å². The zero-order chi connectivity index (χ0) is 16.1. The summed E-state index contributed by atoms with van der Waals surface area (Å²) in [6.07, 6.45) is 3.49. The maximum atomic E-state index is 8.87. The van der Waals surface area contributed by atoms with Crippen LogP contribution in [0.25, 0.3) is 10.9 Å². The molecule has 0 fully saturated rings. The van der Waals surface area contributed by atoms with Gasteiger partial charge in [0.05, 0.1) is 31.1 Å². The van der Waals surface area contributed by atoms with Crippen molar-refractivity contribution in [2.75, 3.05) is 26.6 Å². The number of aliphatic hydroxyl groups excluding tert-OH is 1. The number of nitrogens with two attached hydrogens (primary N) is 1. The lowest BCUT2D eigenvalue weighted by atomic mass is 10.0. The molecule has 1 aromatic carbocycles. The molecule has 120 valence electrons. The van der Waals surface area contributed by atoms with E-state index in [1.165, 1.54) is 0 Å². The summed E-state index contributed by atoms with van der Waals surface area (Å²) >= 11 is 0. The second-order valence-corrected chi connectivity index (χ2v) is 5.17. The molecule has 0 atom stereocenters. The maximum absolute atomic E-state index is 8.87. The smallest absolute Gasteiger partial charge is 0.184 e. The normalized spacial score (nSPS) is 10.9. The van der Waals surface area contributed by atoms with Gasteiger partial charge in [0.2, 0.25) is 0 Å². The summed E-state index contributed by atoms with van der Waals surface area (Å²) < 4.78 is 10.7. The zero-order valence-electron chi connectivity index (χ0n) is 13.3. The van der Waals surface area contributed by atoms with E-state index < -0.39 is 0 Å². The SMILES string of the molecule is COc1cc2nc(C)nc(CCCCCO)c2c(N)c1OC. The van der Waals surface area contributed by atoms with Crippen LogP contribution >= 0.6 is 0 Å². The minimum Gasteiger partial charge on any atom is -0.493 e. The van der Waals surface area contributed by atoms with Crippen LogP contribution < -0.4 is 15.2 Å². The lowest BCUT2D eigenvalue weighted by Gasteiger charge is -2.15. The third-order valence-electron chi connectivity index (χ3n) is 3.63. The number of aryl methyl sites for hydroxylation is 2. The number of fused-ring (bicyclic) bond motifs is 1. The third-order valence-corrected chi connectivity index (χ3v) is 3.63. The molecule has 2 aromatic rings. The number of benzene rings is 1. The minimum atomic E-state index is 0.219. The molecule has 0 aliphatic rings. The van der Waals surface area contributed by atoms with E-state index >= 15 is 0 Å². The largest absolute Gasteiger partial charge is 0.493 e. The maximum Gasteiger partial charge on any atom is 0.184 e. The molecule has 0 aliphatic carbocycles. The Kier molecular flexibility index (Phi) is 5.38. The summed E-state index contributed by atoms with van der Waals surface area (Å²) in [5.41, 5.74) is 8.45. The highest BCUT2D eigenvalue weighted by Crippen LogP contribution is 2.40. The Labute approximate surface area is 130 Å². The molecule has 6 nitrogen and oxygen atoms in total. The molecule has 0 bridgehead atoms. The van der Waals surface area contributed by atoms with Crippen LogP contribution in [0.4, 0.5) is 5.69 Å². The van der Waals surface area contributed by atoms with Crippen LogP contribution in [0.2, 0.25) is 0 Å². The van der Waals surface area contributed by atoms with Crippen molar-refractivity contribution >= 4 is 16.6 Å². The van der Waals surface area contributed by atoms with E-state index in [9.17, 15) is 0 Å². The molecular formula is C16H23N3O3. The first kappa shape index (κ1) is 16.3. The topological polar surface area (TPSA) is 90.5 Å². The first-order valence-corrected chi connectivity index (χ1v) is 7.40. The van der Waals surface area contributed by atoms with Crippen LogP contribution in [0.1, 0.15) is 30.8 Å². The molecule has 22 heavy (non-hydrogen) atoms. The van der Waals surface area contributed by atoms with Crippen molar-refractivity contribution in [1.29, 1.82) is 0 Å². The number of methoxy groups -OCH3 is 2. The van der Waals surface area contributed by atoms with Crippen molar-refractivity contribution in [3.05, 3.63) is 17.6 Å². The molecule has 0 unspecified atom stereocenters. The van der Waals surface area contributed by atoms with Gasteiger partial charge in [-0.05, 0) is 26.2 Å². The number of hydrogen-bond acceptors (Lipinski definition) is 6. The summed E-state index contributed by atoms with van der Waals surface area (Å²) in [5.74, 6) is 1.78. The van der Waals surface area contributed by atoms with Gasteiger partial charge in [0.1, 0.15) is 5.82 Å². The molecule has 6 heteroatoms. The Morgan fingerprint density at radius 2 is 1.91 bits per heavy atom. The van der Waals surface area contributed by atoms with Gasteiger partial charge in [0, 0.05) is 18.1 Å². The molecule has 0 saturated carbocycles. The van der Waals surface area contributed by atoms with Crippen LogP contribution in [0, 0.1) is 6.92 Å². The number of aromatic nitrogens is 2. The fourth-order valence-electron chi connectivity index (χ4n) is 2.61. The predicted octanol–water partition coefficient (Wildman–Crippen LogP) is 2.24. The Morgan fingerprint density at radius 1 is 1.14 bits per heavy atom. The summed E-state index contributed by atoms with van der Waals surface area (Å²) in [6.45, 7) is 2.08. The number of aliphatic hydroxyl groups is 1. The van der Waals surface area contributed by atoms with Gasteiger partial charge in [0.15, 0.2) is 11.5 Å². The standard InChI is InChI=1S/C16H23N3O3/c1-10-18-11(7-5-4-6-8-20)14-12(19-10)9-13(21-2)16(22-3)15(14)17/h9,20H,4-8,17H2,1-3H3. The highest BCUT2D eigenvalue weighted by Gasteiger charge is 2.17. The minimum absolute atomic E-state index is 0.219. The second kappa shape index (κ2) is 7.26. The summed E-state index contributed by atoms with van der Waals surface area (Å²) in [5, 5.41) is 9.70. The van der Waals surface area contributed by atoms with Crippen LogP contribution in [-0.2, 0) is 6.42 Å². The van der Waals surface area contributed by atoms with Crippen molar-refractivity contribution in [3.8, 4) is 11.5 Å². The Balaban J connectivity index is 2.51. The molecule has 0 spiro atoms. The highest BCUT2D eigenvalue weighted by atomic mass is 16.5. The molecule has 0 amide bonds. The Morgan fingerprint density at radius 3 is 2.55 bits per heavy atom. The molecule has 1 heterocycles. The van der Waals surface area contributed by atoms with Gasteiger partial charge in [-0.25, -0.2) is 9.97 Å². The van der Waals surface area contributed by atoms with E-state index in [1.807, 2.05) is 13.0 Å². The average molecular weight is 305 g/mol. The Hall–Kier alpha value is -2.08. The van der Waals surface area contributed by atoms with E-state index in [0.29, 0.717) is 23.0 Å². The lowest BCUT2D eigenvalue weighted by molar-refractivity contribution is 0.283. The van der Waals surface area contributed by atoms with Gasteiger partial charge in [-0.3, -0.25) is 0 Å². The van der Waals surface area contributed by atoms with Crippen molar-refractivity contribution in [1.82, 2.24) is 9.97 Å². The average Bonchev–Trinajstić information content (AvgIpc) is 2.50. The molecule has 0 saturated heterocycles. The number of ether oxygens (including phenoxy) is 2. The third kappa shape index (κ3) is 3.22. The first-order valence-electron chi connectivity index (χ1n) is 7.40. The van der Waals surface area contributed by atoms with Crippen LogP contribution in [-0.4, -0.2) is 35.9 Å². The van der Waals surface area contributed by atoms with Gasteiger partial charge < -0.3 is 20.3 Å². The molecule has 1 aromatic heterocycles. The molecule has 0 aliphatic heterocycles. The molecular weight excluding hydrogens is 282 g/mol. The number of nitrogen functional groups attached to an aromatic ring is 1. The number of nitrogens with zero attached hydrogens (tertiary/aromatic N) is 2.